The molecule has 1 aliphatic rings. The van der Waals surface area contributed by atoms with Gasteiger partial charge in [-0.3, -0.25) is 14.5 Å². The van der Waals surface area contributed by atoms with Gasteiger partial charge in [-0.05, 0) is 30.7 Å². The van der Waals surface area contributed by atoms with E-state index in [1.54, 1.807) is 10.7 Å². The molecule has 3 aromatic rings. The van der Waals surface area contributed by atoms with Crippen LogP contribution in [-0.4, -0.2) is 20.5 Å². The summed E-state index contributed by atoms with van der Waals surface area (Å²) in [5.41, 5.74) is 0.709. The van der Waals surface area contributed by atoms with Gasteiger partial charge in [0.1, 0.15) is 5.76 Å². The van der Waals surface area contributed by atoms with Crippen LogP contribution < -0.4 is 5.32 Å². The Morgan fingerprint density at radius 1 is 1.30 bits per heavy atom. The molecule has 4 rings (SSSR count). The number of amides is 1. The van der Waals surface area contributed by atoms with E-state index < -0.39 is 0 Å². The molecular formula is C14H12N4O2. The average molecular weight is 268 g/mol. The minimum absolute atomic E-state index is 0.0375. The van der Waals surface area contributed by atoms with Crippen LogP contribution in [0.1, 0.15) is 18.1 Å². The maximum Gasteiger partial charge on any atom is 0.235 e. The summed E-state index contributed by atoms with van der Waals surface area (Å²) in [6.07, 6.45) is 4.27. The summed E-state index contributed by atoms with van der Waals surface area (Å²) >= 11 is 0. The van der Waals surface area contributed by atoms with Crippen LogP contribution in [0.3, 0.4) is 0 Å². The Balaban J connectivity index is 1.51. The minimum atomic E-state index is -0.0442. The molecule has 1 N–H and O–H groups in total. The Morgan fingerprint density at radius 3 is 3.10 bits per heavy atom. The van der Waals surface area contributed by atoms with Gasteiger partial charge in [-0.2, -0.15) is 0 Å². The summed E-state index contributed by atoms with van der Waals surface area (Å²) in [7, 11) is 0. The van der Waals surface area contributed by atoms with Crippen LogP contribution in [0, 0.1) is 5.92 Å². The van der Waals surface area contributed by atoms with E-state index in [0.29, 0.717) is 11.6 Å². The standard InChI is InChI=1S/C14H12N4O2/c19-13(10-8-9(10)11-4-3-7-20-11)15-14-17-16-12-5-1-2-6-18(12)14/h1-7,9-10H,8H2,(H,15,17,19)/t9-,10+/m0/s1. The normalized spacial score (nSPS) is 21.0. The molecule has 0 unspecified atom stereocenters. The maximum absolute atomic E-state index is 12.2. The Labute approximate surface area is 114 Å². The minimum Gasteiger partial charge on any atom is -0.469 e. The molecule has 0 spiro atoms. The topological polar surface area (TPSA) is 72.4 Å². The van der Waals surface area contributed by atoms with Crippen molar-refractivity contribution in [1.82, 2.24) is 14.6 Å². The first-order valence-electron chi connectivity index (χ1n) is 6.47. The molecule has 100 valence electrons. The molecule has 6 nitrogen and oxygen atoms in total. The van der Waals surface area contributed by atoms with Crippen LogP contribution >= 0.6 is 0 Å². The highest BCUT2D eigenvalue weighted by Gasteiger charge is 2.46. The van der Waals surface area contributed by atoms with Crippen LogP contribution in [0.25, 0.3) is 5.65 Å². The number of hydrogen-bond donors (Lipinski definition) is 1. The highest BCUT2D eigenvalue weighted by atomic mass is 16.3. The van der Waals surface area contributed by atoms with E-state index in [0.717, 1.165) is 12.2 Å². The van der Waals surface area contributed by atoms with Gasteiger partial charge >= 0.3 is 0 Å². The van der Waals surface area contributed by atoms with Gasteiger partial charge < -0.3 is 4.42 Å². The Kier molecular flexibility index (Phi) is 2.35. The van der Waals surface area contributed by atoms with E-state index in [1.807, 2.05) is 36.5 Å². The van der Waals surface area contributed by atoms with Gasteiger partial charge in [0.15, 0.2) is 5.65 Å². The second-order valence-electron chi connectivity index (χ2n) is 4.91. The number of fused-ring (bicyclic) bond motifs is 1. The molecular weight excluding hydrogens is 256 g/mol. The first-order valence-corrected chi connectivity index (χ1v) is 6.47. The molecule has 1 fully saturated rings. The van der Waals surface area contributed by atoms with Gasteiger partial charge in [-0.1, -0.05) is 6.07 Å². The van der Waals surface area contributed by atoms with Crippen molar-refractivity contribution in [2.75, 3.05) is 5.32 Å². The smallest absolute Gasteiger partial charge is 0.235 e. The van der Waals surface area contributed by atoms with Crippen molar-refractivity contribution < 1.29 is 9.21 Å². The maximum atomic E-state index is 12.2. The first-order chi connectivity index (χ1) is 9.83. The monoisotopic (exact) mass is 268 g/mol. The molecule has 1 aliphatic carbocycles. The van der Waals surface area contributed by atoms with Gasteiger partial charge in [0.25, 0.3) is 0 Å². The fourth-order valence-corrected chi connectivity index (χ4v) is 2.43. The van der Waals surface area contributed by atoms with Gasteiger partial charge in [0.2, 0.25) is 11.9 Å². The number of nitrogens with one attached hydrogen (secondary N) is 1. The average Bonchev–Trinajstić information content (AvgIpc) is 2.92. The highest BCUT2D eigenvalue weighted by molar-refractivity contribution is 5.94. The van der Waals surface area contributed by atoms with Gasteiger partial charge in [0.05, 0.1) is 6.26 Å². The molecule has 0 bridgehead atoms. The number of hydrogen-bond acceptors (Lipinski definition) is 4. The highest BCUT2D eigenvalue weighted by Crippen LogP contribution is 2.48. The summed E-state index contributed by atoms with van der Waals surface area (Å²) in [6.45, 7) is 0. The van der Waals surface area contributed by atoms with E-state index in [2.05, 4.69) is 15.5 Å². The van der Waals surface area contributed by atoms with Crippen molar-refractivity contribution in [3.63, 3.8) is 0 Å². The fraction of sp³-hybridized carbons (Fsp3) is 0.214. The fourth-order valence-electron chi connectivity index (χ4n) is 2.43. The molecule has 20 heavy (non-hydrogen) atoms. The van der Waals surface area contributed by atoms with Crippen molar-refractivity contribution in [2.24, 2.45) is 5.92 Å². The molecule has 3 aromatic heterocycles. The predicted molar refractivity (Wildman–Crippen MR) is 71.2 cm³/mol. The summed E-state index contributed by atoms with van der Waals surface area (Å²) in [4.78, 5) is 12.2. The van der Waals surface area contributed by atoms with Crippen molar-refractivity contribution in [2.45, 2.75) is 12.3 Å². The number of pyridine rings is 1. The molecule has 6 heteroatoms. The third-order valence-electron chi connectivity index (χ3n) is 3.58. The molecule has 0 aromatic carbocycles. The van der Waals surface area contributed by atoms with Gasteiger partial charge in [-0.25, -0.2) is 0 Å². The third-order valence-corrected chi connectivity index (χ3v) is 3.58. The van der Waals surface area contributed by atoms with Crippen molar-refractivity contribution in [1.29, 1.82) is 0 Å². The Morgan fingerprint density at radius 2 is 2.25 bits per heavy atom. The van der Waals surface area contributed by atoms with Crippen LogP contribution in [-0.2, 0) is 4.79 Å². The van der Waals surface area contributed by atoms with Crippen molar-refractivity contribution in [3.05, 3.63) is 48.6 Å². The second-order valence-corrected chi connectivity index (χ2v) is 4.91. The zero-order valence-electron chi connectivity index (χ0n) is 10.6. The van der Waals surface area contributed by atoms with E-state index in [4.69, 9.17) is 4.42 Å². The molecule has 0 aliphatic heterocycles. The number of carbonyl (C=O) groups is 1. The first kappa shape index (κ1) is 11.2. The van der Waals surface area contributed by atoms with Crippen LogP contribution in [0.2, 0.25) is 0 Å². The quantitative estimate of drug-likeness (QED) is 0.789. The summed E-state index contributed by atoms with van der Waals surface area (Å²) in [5.74, 6) is 1.43. The zero-order valence-corrected chi connectivity index (χ0v) is 10.6. The third kappa shape index (κ3) is 1.77. The van der Waals surface area contributed by atoms with Crippen LogP contribution in [0.15, 0.2) is 47.2 Å². The second kappa shape index (κ2) is 4.19. The van der Waals surface area contributed by atoms with Crippen molar-refractivity contribution in [3.8, 4) is 0 Å². The molecule has 1 amide bonds. The Hall–Kier alpha value is -2.63. The lowest BCUT2D eigenvalue weighted by Crippen LogP contribution is -2.16. The summed E-state index contributed by atoms with van der Waals surface area (Å²) < 4.78 is 7.08. The number of anilines is 1. The lowest BCUT2D eigenvalue weighted by molar-refractivity contribution is -0.117. The van der Waals surface area contributed by atoms with Gasteiger partial charge in [-0.15, -0.1) is 10.2 Å². The van der Waals surface area contributed by atoms with E-state index >= 15 is 0 Å². The van der Waals surface area contributed by atoms with Crippen LogP contribution in [0.4, 0.5) is 5.95 Å². The van der Waals surface area contributed by atoms with E-state index in [9.17, 15) is 4.79 Å². The molecule has 1 saturated carbocycles. The number of carbonyl (C=O) groups excluding carboxylic acids is 1. The molecule has 3 heterocycles. The number of furan rings is 1. The lowest BCUT2D eigenvalue weighted by atomic mass is 10.2. The van der Waals surface area contributed by atoms with Gasteiger partial charge in [0, 0.05) is 18.0 Å². The SMILES string of the molecule is O=C(Nc1nnc2ccccn12)[C@@H]1C[C@@H]1c1ccco1. The largest absolute Gasteiger partial charge is 0.469 e. The van der Waals surface area contributed by atoms with Crippen molar-refractivity contribution >= 4 is 17.5 Å². The zero-order chi connectivity index (χ0) is 13.5. The molecule has 2 atom stereocenters. The molecule has 0 radical (unpaired) electrons. The number of rotatable bonds is 3. The van der Waals surface area contributed by atoms with Crippen LogP contribution in [0.5, 0.6) is 0 Å². The van der Waals surface area contributed by atoms with E-state index in [1.165, 1.54) is 0 Å². The van der Waals surface area contributed by atoms with E-state index in [-0.39, 0.29) is 17.7 Å². The number of nitrogens with zero attached hydrogens (tertiary/aromatic N) is 3. The number of aromatic nitrogens is 3. The molecule has 0 saturated heterocycles. The predicted octanol–water partition coefficient (Wildman–Crippen LogP) is 2.06. The Bertz CT molecular complexity index is 762. The lowest BCUT2D eigenvalue weighted by Gasteiger charge is -2.02. The summed E-state index contributed by atoms with van der Waals surface area (Å²) in [6, 6.07) is 9.34. The summed E-state index contributed by atoms with van der Waals surface area (Å²) in [5, 5.41) is 10.8.